The molecule has 1 heterocycles. The van der Waals surface area contributed by atoms with E-state index in [4.69, 9.17) is 4.74 Å². The Morgan fingerprint density at radius 3 is 2.21 bits per heavy atom. The van der Waals surface area contributed by atoms with Crippen molar-refractivity contribution < 1.29 is 13.2 Å². The lowest BCUT2D eigenvalue weighted by atomic mass is 9.80. The zero-order valence-corrected chi connectivity index (χ0v) is 16.5. The van der Waals surface area contributed by atoms with Crippen molar-refractivity contribution in [1.29, 1.82) is 0 Å². The van der Waals surface area contributed by atoms with Crippen LogP contribution in [0.3, 0.4) is 0 Å². The number of ether oxygens (including phenoxy) is 1. The van der Waals surface area contributed by atoms with Gasteiger partial charge in [-0.2, -0.15) is 0 Å². The fourth-order valence-corrected chi connectivity index (χ4v) is 5.35. The zero-order valence-electron chi connectivity index (χ0n) is 15.7. The van der Waals surface area contributed by atoms with Gasteiger partial charge in [-0.05, 0) is 51.5 Å². The van der Waals surface area contributed by atoms with Gasteiger partial charge in [0.15, 0.2) is 9.84 Å². The first kappa shape index (κ1) is 20.2. The smallest absolute Gasteiger partial charge is 0.152 e. The predicted molar refractivity (Wildman–Crippen MR) is 100 cm³/mol. The summed E-state index contributed by atoms with van der Waals surface area (Å²) < 4.78 is 29.5. The van der Waals surface area contributed by atoms with Crippen LogP contribution < -0.4 is 0 Å². The van der Waals surface area contributed by atoms with Crippen LogP contribution in [-0.4, -0.2) is 57.2 Å². The molecular formula is C19H37NO3S. The predicted octanol–water partition coefficient (Wildman–Crippen LogP) is 3.51. The molecule has 2 fully saturated rings. The van der Waals surface area contributed by atoms with Crippen LogP contribution in [0.2, 0.25) is 0 Å². The minimum Gasteiger partial charge on any atom is -0.379 e. The van der Waals surface area contributed by atoms with Gasteiger partial charge in [0, 0.05) is 13.1 Å². The summed E-state index contributed by atoms with van der Waals surface area (Å²) in [4.78, 5) is 2.52. The van der Waals surface area contributed by atoms with Gasteiger partial charge in [0.1, 0.15) is 0 Å². The molecule has 1 saturated carbocycles. The van der Waals surface area contributed by atoms with E-state index in [0.717, 1.165) is 45.1 Å². The van der Waals surface area contributed by atoms with Crippen LogP contribution in [0.5, 0.6) is 0 Å². The molecule has 0 N–H and O–H groups in total. The fourth-order valence-electron chi connectivity index (χ4n) is 3.98. The van der Waals surface area contributed by atoms with E-state index in [9.17, 15) is 8.42 Å². The molecule has 24 heavy (non-hydrogen) atoms. The highest BCUT2D eigenvalue weighted by molar-refractivity contribution is 7.91. The van der Waals surface area contributed by atoms with E-state index in [0.29, 0.717) is 11.7 Å². The first-order valence-corrected chi connectivity index (χ1v) is 11.7. The van der Waals surface area contributed by atoms with Crippen LogP contribution in [0.25, 0.3) is 0 Å². The summed E-state index contributed by atoms with van der Waals surface area (Å²) in [5.74, 6) is 1.66. The first-order valence-electron chi connectivity index (χ1n) is 9.99. The van der Waals surface area contributed by atoms with E-state index < -0.39 is 9.84 Å². The van der Waals surface area contributed by atoms with E-state index in [1.165, 1.54) is 45.1 Å². The Bertz CT molecular complexity index is 436. The van der Waals surface area contributed by atoms with Gasteiger partial charge in [-0.3, -0.25) is 4.90 Å². The fraction of sp³-hybridized carbons (Fsp3) is 1.00. The Labute approximate surface area is 149 Å². The highest BCUT2D eigenvalue weighted by Gasteiger charge is 2.26. The van der Waals surface area contributed by atoms with Gasteiger partial charge in [0.25, 0.3) is 0 Å². The molecule has 4 nitrogen and oxygen atoms in total. The maximum absolute atomic E-state index is 12.0. The van der Waals surface area contributed by atoms with E-state index in [-0.39, 0.29) is 5.25 Å². The minimum atomic E-state index is -2.86. The number of rotatable bonds is 9. The van der Waals surface area contributed by atoms with Gasteiger partial charge < -0.3 is 4.74 Å². The maximum atomic E-state index is 12.0. The van der Waals surface area contributed by atoms with Gasteiger partial charge in [0.05, 0.1) is 24.2 Å². The molecule has 0 radical (unpaired) electrons. The molecule has 2 aliphatic rings. The van der Waals surface area contributed by atoms with Crippen molar-refractivity contribution in [1.82, 2.24) is 4.90 Å². The number of nitrogens with zero attached hydrogens (tertiary/aromatic N) is 1. The average Bonchev–Trinajstić information content (AvgIpc) is 2.56. The molecule has 1 aliphatic heterocycles. The average molecular weight is 360 g/mol. The van der Waals surface area contributed by atoms with Gasteiger partial charge in [-0.15, -0.1) is 0 Å². The third-order valence-electron chi connectivity index (χ3n) is 5.84. The van der Waals surface area contributed by atoms with Crippen molar-refractivity contribution in [2.45, 2.75) is 70.5 Å². The highest BCUT2D eigenvalue weighted by atomic mass is 32.2. The quantitative estimate of drug-likeness (QED) is 0.591. The van der Waals surface area contributed by atoms with Crippen molar-refractivity contribution in [2.24, 2.45) is 11.8 Å². The molecule has 2 rings (SSSR count). The SMILES string of the molecule is CC(C)S(=O)(=O)CC1CCC(CCCCCN2CCOCC2)CC1. The zero-order chi connectivity index (χ0) is 17.4. The first-order chi connectivity index (χ1) is 11.5. The molecule has 0 atom stereocenters. The van der Waals surface area contributed by atoms with E-state index in [1.807, 2.05) is 0 Å². The number of unbranched alkanes of at least 4 members (excludes halogenated alkanes) is 2. The third-order valence-corrected chi connectivity index (χ3v) is 8.22. The largest absolute Gasteiger partial charge is 0.379 e. The van der Waals surface area contributed by atoms with Crippen LogP contribution in [0.4, 0.5) is 0 Å². The molecule has 0 aromatic heterocycles. The Hall–Kier alpha value is -0.130. The number of hydrogen-bond donors (Lipinski definition) is 0. The lowest BCUT2D eigenvalue weighted by Crippen LogP contribution is -2.36. The topological polar surface area (TPSA) is 46.6 Å². The Kier molecular flexibility index (Phi) is 8.52. The molecule has 5 heteroatoms. The lowest BCUT2D eigenvalue weighted by Gasteiger charge is -2.29. The van der Waals surface area contributed by atoms with Crippen molar-refractivity contribution in [3.63, 3.8) is 0 Å². The van der Waals surface area contributed by atoms with Crippen molar-refractivity contribution in [3.8, 4) is 0 Å². The van der Waals surface area contributed by atoms with Crippen LogP contribution in [0.1, 0.15) is 65.2 Å². The molecule has 1 saturated heterocycles. The Balaban J connectivity index is 1.52. The summed E-state index contributed by atoms with van der Waals surface area (Å²) >= 11 is 0. The van der Waals surface area contributed by atoms with E-state index in [2.05, 4.69) is 4.90 Å². The highest BCUT2D eigenvalue weighted by Crippen LogP contribution is 2.33. The standard InChI is InChI=1S/C19H37NO3S/c1-17(2)24(21,22)16-19-9-7-18(8-10-19)6-4-3-5-11-20-12-14-23-15-13-20/h17-19H,3-16H2,1-2H3. The van der Waals surface area contributed by atoms with Crippen molar-refractivity contribution in [3.05, 3.63) is 0 Å². The van der Waals surface area contributed by atoms with Gasteiger partial charge >= 0.3 is 0 Å². The summed E-state index contributed by atoms with van der Waals surface area (Å²) in [7, 11) is -2.86. The molecule has 1 aliphatic carbocycles. The van der Waals surface area contributed by atoms with E-state index >= 15 is 0 Å². The molecule has 0 aromatic rings. The van der Waals surface area contributed by atoms with E-state index in [1.54, 1.807) is 13.8 Å². The van der Waals surface area contributed by atoms with Crippen LogP contribution >= 0.6 is 0 Å². The van der Waals surface area contributed by atoms with Crippen LogP contribution in [0, 0.1) is 11.8 Å². The second kappa shape index (κ2) is 10.1. The molecule has 0 bridgehead atoms. The molecule has 0 amide bonds. The van der Waals surface area contributed by atoms with Gasteiger partial charge in [-0.25, -0.2) is 8.42 Å². The summed E-state index contributed by atoms with van der Waals surface area (Å²) in [5.41, 5.74) is 0. The molecule has 142 valence electrons. The van der Waals surface area contributed by atoms with Crippen LogP contribution in [-0.2, 0) is 14.6 Å². The second-order valence-electron chi connectivity index (χ2n) is 8.07. The van der Waals surface area contributed by atoms with Gasteiger partial charge in [-0.1, -0.05) is 32.1 Å². The monoisotopic (exact) mass is 359 g/mol. The Morgan fingerprint density at radius 1 is 0.958 bits per heavy atom. The summed E-state index contributed by atoms with van der Waals surface area (Å²) in [6.45, 7) is 8.83. The summed E-state index contributed by atoms with van der Waals surface area (Å²) in [6, 6.07) is 0. The summed E-state index contributed by atoms with van der Waals surface area (Å²) in [6.07, 6.45) is 10.0. The normalized spacial score (nSPS) is 26.8. The maximum Gasteiger partial charge on any atom is 0.152 e. The second-order valence-corrected chi connectivity index (χ2v) is 10.7. The number of hydrogen-bond acceptors (Lipinski definition) is 4. The number of sulfone groups is 1. The third kappa shape index (κ3) is 7.01. The van der Waals surface area contributed by atoms with Crippen molar-refractivity contribution in [2.75, 3.05) is 38.6 Å². The summed E-state index contributed by atoms with van der Waals surface area (Å²) in [5, 5.41) is -0.221. The molecule has 0 unspecified atom stereocenters. The molecular weight excluding hydrogens is 322 g/mol. The Morgan fingerprint density at radius 2 is 1.58 bits per heavy atom. The van der Waals surface area contributed by atoms with Crippen LogP contribution in [0.15, 0.2) is 0 Å². The molecule has 0 spiro atoms. The lowest BCUT2D eigenvalue weighted by molar-refractivity contribution is 0.0371. The molecule has 0 aromatic carbocycles. The van der Waals surface area contributed by atoms with Gasteiger partial charge in [0.2, 0.25) is 0 Å². The minimum absolute atomic E-state index is 0.221. The number of morpholine rings is 1. The van der Waals surface area contributed by atoms with Crippen molar-refractivity contribution >= 4 is 9.84 Å².